The molecule has 0 saturated carbocycles. The number of fused-ring (bicyclic) bond motifs is 1. The van der Waals surface area contributed by atoms with E-state index in [4.69, 9.17) is 14.7 Å². The first-order valence-corrected chi connectivity index (χ1v) is 13.8. The lowest BCUT2D eigenvalue weighted by Gasteiger charge is -2.39. The lowest BCUT2D eigenvalue weighted by molar-refractivity contribution is -0.384. The van der Waals surface area contributed by atoms with Crippen molar-refractivity contribution < 1.29 is 18.1 Å². The minimum Gasteiger partial charge on any atom is -0.378 e. The van der Waals surface area contributed by atoms with Crippen molar-refractivity contribution in [3.8, 4) is 0 Å². The molecule has 194 valence electrons. The van der Waals surface area contributed by atoms with Crippen LogP contribution >= 0.6 is 0 Å². The van der Waals surface area contributed by atoms with Crippen LogP contribution in [0.15, 0.2) is 29.2 Å². The summed E-state index contributed by atoms with van der Waals surface area (Å²) in [7, 11) is -3.74. The van der Waals surface area contributed by atoms with Crippen molar-refractivity contribution >= 4 is 27.5 Å². The molecule has 1 aliphatic carbocycles. The van der Waals surface area contributed by atoms with Crippen LogP contribution < -0.4 is 9.80 Å². The Labute approximate surface area is 211 Å². The molecule has 2 fully saturated rings. The van der Waals surface area contributed by atoms with Crippen LogP contribution in [-0.2, 0) is 27.6 Å². The SMILES string of the molecule is CC1(C)CCc2c(nc(N3CCOCC3)nc2N2CCN(S(=O)(=O)c3ccc([N+](=O)[O-])cc3)CC2)C1. The zero-order chi connectivity index (χ0) is 25.5. The lowest BCUT2D eigenvalue weighted by atomic mass is 9.76. The summed E-state index contributed by atoms with van der Waals surface area (Å²) in [5, 5.41) is 10.9. The largest absolute Gasteiger partial charge is 0.378 e. The Balaban J connectivity index is 1.38. The van der Waals surface area contributed by atoms with Crippen LogP contribution in [0.3, 0.4) is 0 Å². The molecule has 2 aromatic rings. The summed E-state index contributed by atoms with van der Waals surface area (Å²) in [5.41, 5.74) is 2.32. The van der Waals surface area contributed by atoms with E-state index in [0.717, 1.165) is 49.8 Å². The first-order valence-electron chi connectivity index (χ1n) is 12.4. The standard InChI is InChI=1S/C24H32N6O5S/c1-24(2)8-7-20-21(17-24)25-23(28-13-15-35-16-14-28)26-22(20)27-9-11-29(12-10-27)36(33,34)19-5-3-18(4-6-19)30(31)32/h3-6H,7-17H2,1-2H3. The van der Waals surface area contributed by atoms with Gasteiger partial charge in [-0.05, 0) is 36.8 Å². The molecule has 0 amide bonds. The van der Waals surface area contributed by atoms with E-state index in [0.29, 0.717) is 39.4 Å². The summed E-state index contributed by atoms with van der Waals surface area (Å²) in [6, 6.07) is 5.06. The fraction of sp³-hybridized carbons (Fsp3) is 0.583. The smallest absolute Gasteiger partial charge is 0.269 e. The zero-order valence-corrected chi connectivity index (χ0v) is 21.5. The number of sulfonamides is 1. The predicted molar refractivity (Wildman–Crippen MR) is 135 cm³/mol. The number of ether oxygens (including phenoxy) is 1. The maximum Gasteiger partial charge on any atom is 0.269 e. The number of hydrogen-bond acceptors (Lipinski definition) is 9. The molecule has 3 heterocycles. The van der Waals surface area contributed by atoms with Crippen LogP contribution in [0.2, 0.25) is 0 Å². The maximum absolute atomic E-state index is 13.2. The van der Waals surface area contributed by atoms with E-state index in [1.807, 2.05) is 0 Å². The van der Waals surface area contributed by atoms with Crippen molar-refractivity contribution in [2.45, 2.75) is 38.0 Å². The van der Waals surface area contributed by atoms with E-state index in [1.54, 1.807) is 0 Å². The summed E-state index contributed by atoms with van der Waals surface area (Å²) < 4.78 is 33.3. The number of anilines is 2. The summed E-state index contributed by atoms with van der Waals surface area (Å²) >= 11 is 0. The highest BCUT2D eigenvalue weighted by Crippen LogP contribution is 2.38. The number of non-ortho nitro benzene ring substituents is 1. The van der Waals surface area contributed by atoms with Crippen molar-refractivity contribution in [1.82, 2.24) is 14.3 Å². The minimum absolute atomic E-state index is 0.0674. The van der Waals surface area contributed by atoms with Crippen LogP contribution in [0.5, 0.6) is 0 Å². The second kappa shape index (κ2) is 9.56. The van der Waals surface area contributed by atoms with Gasteiger partial charge in [0.15, 0.2) is 0 Å². The van der Waals surface area contributed by atoms with Gasteiger partial charge in [0.05, 0.1) is 28.7 Å². The van der Waals surface area contributed by atoms with Gasteiger partial charge in [0.1, 0.15) is 5.82 Å². The molecule has 0 atom stereocenters. The number of aromatic nitrogens is 2. The molecule has 0 radical (unpaired) electrons. The molecule has 0 unspecified atom stereocenters. The van der Waals surface area contributed by atoms with Crippen molar-refractivity contribution in [2.24, 2.45) is 5.41 Å². The quantitative estimate of drug-likeness (QED) is 0.435. The molecule has 3 aliphatic rings. The highest BCUT2D eigenvalue weighted by Gasteiger charge is 2.34. The van der Waals surface area contributed by atoms with Crippen molar-refractivity contribution in [1.29, 1.82) is 0 Å². The highest BCUT2D eigenvalue weighted by atomic mass is 32.2. The van der Waals surface area contributed by atoms with Crippen molar-refractivity contribution in [3.05, 3.63) is 45.6 Å². The van der Waals surface area contributed by atoms with E-state index in [-0.39, 0.29) is 16.0 Å². The summed E-state index contributed by atoms with van der Waals surface area (Å²) in [6.45, 7) is 9.02. The van der Waals surface area contributed by atoms with Gasteiger partial charge in [0, 0.05) is 57.0 Å². The predicted octanol–water partition coefficient (Wildman–Crippen LogP) is 2.25. The molecule has 36 heavy (non-hydrogen) atoms. The molecular formula is C24H32N6O5S. The third kappa shape index (κ3) is 4.89. The molecule has 1 aromatic carbocycles. The van der Waals surface area contributed by atoms with Gasteiger partial charge in [0.2, 0.25) is 16.0 Å². The van der Waals surface area contributed by atoms with Gasteiger partial charge in [-0.15, -0.1) is 0 Å². The molecule has 1 aromatic heterocycles. The van der Waals surface area contributed by atoms with Gasteiger partial charge in [-0.1, -0.05) is 13.8 Å². The third-order valence-electron chi connectivity index (χ3n) is 7.27. The van der Waals surface area contributed by atoms with Gasteiger partial charge in [-0.2, -0.15) is 9.29 Å². The Morgan fingerprint density at radius 2 is 1.64 bits per heavy atom. The van der Waals surface area contributed by atoms with E-state index >= 15 is 0 Å². The average molecular weight is 517 g/mol. The van der Waals surface area contributed by atoms with Crippen LogP contribution in [0.25, 0.3) is 0 Å². The highest BCUT2D eigenvalue weighted by molar-refractivity contribution is 7.89. The third-order valence-corrected chi connectivity index (χ3v) is 9.19. The number of piperazine rings is 1. The number of nitro groups is 1. The maximum atomic E-state index is 13.2. The monoisotopic (exact) mass is 516 g/mol. The molecular weight excluding hydrogens is 484 g/mol. The second-order valence-corrected chi connectivity index (χ2v) is 12.3. The van der Waals surface area contributed by atoms with Crippen molar-refractivity contribution in [3.63, 3.8) is 0 Å². The Morgan fingerprint density at radius 3 is 2.28 bits per heavy atom. The Kier molecular flexibility index (Phi) is 6.60. The van der Waals surface area contributed by atoms with Crippen LogP contribution in [0.1, 0.15) is 31.5 Å². The fourth-order valence-electron chi connectivity index (χ4n) is 5.11. The number of nitrogens with zero attached hydrogens (tertiary/aromatic N) is 6. The molecule has 11 nitrogen and oxygen atoms in total. The minimum atomic E-state index is -3.74. The van der Waals surface area contributed by atoms with E-state index in [1.165, 1.54) is 34.1 Å². The second-order valence-electron chi connectivity index (χ2n) is 10.4. The number of benzene rings is 1. The van der Waals surface area contributed by atoms with E-state index < -0.39 is 14.9 Å². The number of rotatable bonds is 5. The summed E-state index contributed by atoms with van der Waals surface area (Å²) in [4.78, 5) is 24.8. The number of nitro benzene ring substituents is 1. The zero-order valence-electron chi connectivity index (χ0n) is 20.7. The van der Waals surface area contributed by atoms with Crippen LogP contribution in [-0.4, -0.2) is 80.1 Å². The van der Waals surface area contributed by atoms with Crippen LogP contribution in [0.4, 0.5) is 17.5 Å². The van der Waals surface area contributed by atoms with E-state index in [9.17, 15) is 18.5 Å². The van der Waals surface area contributed by atoms with Crippen molar-refractivity contribution in [2.75, 3.05) is 62.3 Å². The first-order chi connectivity index (χ1) is 17.1. The Bertz CT molecular complexity index is 1240. The van der Waals surface area contributed by atoms with Crippen LogP contribution in [0, 0.1) is 15.5 Å². The van der Waals surface area contributed by atoms with Gasteiger partial charge in [0.25, 0.3) is 5.69 Å². The lowest BCUT2D eigenvalue weighted by Crippen LogP contribution is -2.49. The Hall–Kier alpha value is -2.83. The normalized spacial score (nSPS) is 20.7. The average Bonchev–Trinajstić information content (AvgIpc) is 2.88. The molecule has 0 spiro atoms. The molecule has 5 rings (SSSR count). The van der Waals surface area contributed by atoms with Gasteiger partial charge < -0.3 is 14.5 Å². The van der Waals surface area contributed by atoms with Gasteiger partial charge in [-0.25, -0.2) is 13.4 Å². The molecule has 0 N–H and O–H groups in total. The summed E-state index contributed by atoms with van der Waals surface area (Å²) in [5.74, 6) is 1.65. The van der Waals surface area contributed by atoms with Gasteiger partial charge >= 0.3 is 0 Å². The summed E-state index contributed by atoms with van der Waals surface area (Å²) in [6.07, 6.45) is 2.85. The molecule has 2 aliphatic heterocycles. The van der Waals surface area contributed by atoms with Gasteiger partial charge in [-0.3, -0.25) is 10.1 Å². The number of morpholine rings is 1. The van der Waals surface area contributed by atoms with E-state index in [2.05, 4.69) is 23.6 Å². The first kappa shape index (κ1) is 24.8. The topological polar surface area (TPSA) is 122 Å². The fourth-order valence-corrected chi connectivity index (χ4v) is 6.53. The molecule has 12 heteroatoms. The molecule has 2 saturated heterocycles. The number of hydrogen-bond donors (Lipinski definition) is 0. The molecule has 0 bridgehead atoms. The Morgan fingerprint density at radius 1 is 0.972 bits per heavy atom.